The Bertz CT molecular complexity index is 1590. The molecule has 0 unspecified atom stereocenters. The molecule has 5 nitrogen and oxygen atoms in total. The molecule has 5 heteroatoms. The molecule has 0 saturated carbocycles. The molecule has 1 aromatic heterocycles. The van der Waals surface area contributed by atoms with Crippen molar-refractivity contribution < 1.29 is 9.59 Å². The van der Waals surface area contributed by atoms with Crippen LogP contribution in [0.4, 0.5) is 0 Å². The monoisotopic (exact) mass is 485 g/mol. The van der Waals surface area contributed by atoms with E-state index in [4.69, 9.17) is 0 Å². The summed E-state index contributed by atoms with van der Waals surface area (Å²) in [6, 6.07) is 34.0. The number of carbonyl (C=O) groups is 2. The third kappa shape index (κ3) is 4.08. The molecule has 6 rings (SSSR count). The first-order valence-electron chi connectivity index (χ1n) is 12.6. The van der Waals surface area contributed by atoms with E-state index in [2.05, 4.69) is 41.8 Å². The number of rotatable bonds is 6. The molecule has 182 valence electrons. The number of hydrazine groups is 1. The number of benzene rings is 4. The number of hydrogen-bond acceptors (Lipinski definition) is 2. The molecule has 4 aromatic carbocycles. The molecule has 1 saturated heterocycles. The lowest BCUT2D eigenvalue weighted by Crippen LogP contribution is -2.39. The van der Waals surface area contributed by atoms with Gasteiger partial charge in [0.15, 0.2) is 0 Å². The lowest BCUT2D eigenvalue weighted by molar-refractivity contribution is -0.149. The number of hydrogen-bond donors (Lipinski definition) is 0. The maximum Gasteiger partial charge on any atom is 0.278 e. The number of nitrogens with zero attached hydrogens (tertiary/aromatic N) is 3. The molecule has 0 spiro atoms. The van der Waals surface area contributed by atoms with Gasteiger partial charge in [-0.05, 0) is 47.9 Å². The van der Waals surface area contributed by atoms with Crippen molar-refractivity contribution in [1.82, 2.24) is 14.6 Å². The number of aromatic nitrogens is 1. The van der Waals surface area contributed by atoms with Crippen LogP contribution in [0.25, 0.3) is 27.9 Å². The summed E-state index contributed by atoms with van der Waals surface area (Å²) in [6.45, 7) is 3.67. The molecular formula is C32H27N3O2. The number of para-hydroxylation sites is 1. The van der Waals surface area contributed by atoms with Crippen LogP contribution in [0.1, 0.15) is 23.6 Å². The van der Waals surface area contributed by atoms with Gasteiger partial charge in [-0.2, -0.15) is 0 Å². The largest absolute Gasteiger partial charge is 0.341 e. The van der Waals surface area contributed by atoms with Crippen molar-refractivity contribution >= 4 is 39.7 Å². The fourth-order valence-electron chi connectivity index (χ4n) is 5.21. The van der Waals surface area contributed by atoms with Crippen LogP contribution in [0.3, 0.4) is 0 Å². The predicted octanol–water partition coefficient (Wildman–Crippen LogP) is 6.18. The standard InChI is InChI=1S/C32H27N3O2/c1-2-33-29-16-10-9-15-26(29)27-19-25(17-18-30(27)33)20-28-31(36)34(21-23-11-5-3-6-12-23)35(32(28)37)22-24-13-7-4-8-14-24/h3-20H,2,21-22H2,1H3. The van der Waals surface area contributed by atoms with Crippen LogP contribution >= 0.6 is 0 Å². The molecular weight excluding hydrogens is 458 g/mol. The summed E-state index contributed by atoms with van der Waals surface area (Å²) in [5.74, 6) is -0.554. The lowest BCUT2D eigenvalue weighted by atomic mass is 10.1. The molecule has 0 atom stereocenters. The van der Waals surface area contributed by atoms with Gasteiger partial charge in [0.1, 0.15) is 5.57 Å². The summed E-state index contributed by atoms with van der Waals surface area (Å²) in [7, 11) is 0. The second-order valence-corrected chi connectivity index (χ2v) is 9.29. The van der Waals surface area contributed by atoms with E-state index in [9.17, 15) is 9.59 Å². The Morgan fingerprint density at radius 2 is 1.16 bits per heavy atom. The van der Waals surface area contributed by atoms with Crippen LogP contribution in [-0.2, 0) is 29.2 Å². The third-order valence-corrected chi connectivity index (χ3v) is 7.00. The first kappa shape index (κ1) is 22.8. The quantitative estimate of drug-likeness (QED) is 0.213. The Morgan fingerprint density at radius 3 is 1.76 bits per heavy atom. The molecule has 0 aliphatic carbocycles. The Morgan fingerprint density at radius 1 is 0.622 bits per heavy atom. The summed E-state index contributed by atoms with van der Waals surface area (Å²) in [5, 5.41) is 5.42. The van der Waals surface area contributed by atoms with Crippen LogP contribution < -0.4 is 0 Å². The van der Waals surface area contributed by atoms with Crippen molar-refractivity contribution in [3.05, 3.63) is 125 Å². The van der Waals surface area contributed by atoms with Crippen molar-refractivity contribution in [2.45, 2.75) is 26.6 Å². The highest BCUT2D eigenvalue weighted by Crippen LogP contribution is 2.31. The molecule has 2 amide bonds. The summed E-state index contributed by atoms with van der Waals surface area (Å²) < 4.78 is 2.29. The van der Waals surface area contributed by atoms with Crippen molar-refractivity contribution in [3.8, 4) is 0 Å². The van der Waals surface area contributed by atoms with Gasteiger partial charge in [-0.3, -0.25) is 9.59 Å². The van der Waals surface area contributed by atoms with Gasteiger partial charge in [-0.25, -0.2) is 10.0 Å². The van der Waals surface area contributed by atoms with Crippen LogP contribution in [0.15, 0.2) is 109 Å². The smallest absolute Gasteiger partial charge is 0.278 e. The molecule has 5 aromatic rings. The van der Waals surface area contributed by atoms with E-state index < -0.39 is 0 Å². The minimum Gasteiger partial charge on any atom is -0.341 e. The van der Waals surface area contributed by atoms with Gasteiger partial charge in [0.05, 0.1) is 13.1 Å². The predicted molar refractivity (Wildman–Crippen MR) is 147 cm³/mol. The Labute approximate surface area is 215 Å². The van der Waals surface area contributed by atoms with Gasteiger partial charge in [-0.1, -0.05) is 84.9 Å². The molecule has 0 bridgehead atoms. The van der Waals surface area contributed by atoms with Crippen molar-refractivity contribution in [1.29, 1.82) is 0 Å². The highest BCUT2D eigenvalue weighted by atomic mass is 16.2. The average Bonchev–Trinajstić information content (AvgIpc) is 3.37. The Kier molecular flexibility index (Phi) is 5.81. The molecule has 1 fully saturated rings. The van der Waals surface area contributed by atoms with E-state index in [-0.39, 0.29) is 17.4 Å². The van der Waals surface area contributed by atoms with Gasteiger partial charge >= 0.3 is 0 Å². The van der Waals surface area contributed by atoms with Gasteiger partial charge in [0, 0.05) is 28.4 Å². The van der Waals surface area contributed by atoms with Crippen LogP contribution in [0, 0.1) is 0 Å². The van der Waals surface area contributed by atoms with Gasteiger partial charge in [-0.15, -0.1) is 0 Å². The number of aryl methyl sites for hydroxylation is 1. The zero-order chi connectivity index (χ0) is 25.4. The summed E-state index contributed by atoms with van der Waals surface area (Å²) in [6.07, 6.45) is 1.74. The topological polar surface area (TPSA) is 45.6 Å². The highest BCUT2D eigenvalue weighted by Gasteiger charge is 2.40. The fourth-order valence-corrected chi connectivity index (χ4v) is 5.21. The minimum absolute atomic E-state index is 0.186. The van der Waals surface area contributed by atoms with E-state index in [1.54, 1.807) is 16.1 Å². The van der Waals surface area contributed by atoms with E-state index >= 15 is 0 Å². The lowest BCUT2D eigenvalue weighted by Gasteiger charge is -2.27. The van der Waals surface area contributed by atoms with Crippen molar-refractivity contribution in [3.63, 3.8) is 0 Å². The normalized spacial score (nSPS) is 13.8. The first-order valence-corrected chi connectivity index (χ1v) is 12.6. The van der Waals surface area contributed by atoms with Gasteiger partial charge in [0.25, 0.3) is 11.8 Å². The minimum atomic E-state index is -0.277. The number of carbonyl (C=O) groups excluding carboxylic acids is 2. The number of fused-ring (bicyclic) bond motifs is 3. The zero-order valence-corrected chi connectivity index (χ0v) is 20.7. The second-order valence-electron chi connectivity index (χ2n) is 9.29. The summed E-state index contributed by atoms with van der Waals surface area (Å²) in [4.78, 5) is 27.3. The van der Waals surface area contributed by atoms with Crippen LogP contribution in [0.5, 0.6) is 0 Å². The summed E-state index contributed by atoms with van der Waals surface area (Å²) >= 11 is 0. The molecule has 1 aliphatic heterocycles. The molecule has 1 aliphatic rings. The van der Waals surface area contributed by atoms with E-state index in [1.807, 2.05) is 72.8 Å². The number of amides is 2. The van der Waals surface area contributed by atoms with Gasteiger partial charge < -0.3 is 4.57 Å². The fraction of sp³-hybridized carbons (Fsp3) is 0.125. The maximum absolute atomic E-state index is 13.6. The third-order valence-electron chi connectivity index (χ3n) is 7.00. The van der Waals surface area contributed by atoms with Gasteiger partial charge in [0.2, 0.25) is 0 Å². The molecule has 2 heterocycles. The van der Waals surface area contributed by atoms with E-state index in [1.165, 1.54) is 10.9 Å². The highest BCUT2D eigenvalue weighted by molar-refractivity contribution is 6.25. The maximum atomic E-state index is 13.6. The first-order chi connectivity index (χ1) is 18.1. The molecule has 0 radical (unpaired) electrons. The molecule has 37 heavy (non-hydrogen) atoms. The zero-order valence-electron chi connectivity index (χ0n) is 20.7. The van der Waals surface area contributed by atoms with Crippen molar-refractivity contribution in [2.75, 3.05) is 0 Å². The van der Waals surface area contributed by atoms with Crippen molar-refractivity contribution in [2.24, 2.45) is 0 Å². The summed E-state index contributed by atoms with van der Waals surface area (Å²) in [5.41, 5.74) is 5.29. The van der Waals surface area contributed by atoms with E-state index in [0.717, 1.165) is 34.1 Å². The van der Waals surface area contributed by atoms with E-state index in [0.29, 0.717) is 13.1 Å². The van der Waals surface area contributed by atoms with Crippen LogP contribution in [0.2, 0.25) is 0 Å². The second kappa shape index (κ2) is 9.43. The Hall–Kier alpha value is -4.64. The Balaban J connectivity index is 1.41. The molecule has 0 N–H and O–H groups in total. The van der Waals surface area contributed by atoms with Crippen LogP contribution in [-0.4, -0.2) is 26.4 Å². The average molecular weight is 486 g/mol. The SMILES string of the molecule is CCn1c2ccccc2c2cc(C=C3C(=O)N(Cc4ccccc4)N(Cc4ccccc4)C3=O)ccc21.